The minimum absolute atomic E-state index is 0.135. The third-order valence-corrected chi connectivity index (χ3v) is 2.63. The van der Waals surface area contributed by atoms with E-state index in [0.717, 1.165) is 38.9 Å². The van der Waals surface area contributed by atoms with Gasteiger partial charge < -0.3 is 11.1 Å². The van der Waals surface area contributed by atoms with Crippen molar-refractivity contribution in [2.24, 2.45) is 11.7 Å². The third-order valence-electron chi connectivity index (χ3n) is 2.63. The van der Waals surface area contributed by atoms with Crippen LogP contribution in [0.1, 0.15) is 40.0 Å². The van der Waals surface area contributed by atoms with Gasteiger partial charge in [0.05, 0.1) is 6.54 Å². The lowest BCUT2D eigenvalue weighted by Gasteiger charge is -2.20. The molecule has 0 aromatic carbocycles. The van der Waals surface area contributed by atoms with E-state index in [0.29, 0.717) is 19.0 Å². The van der Waals surface area contributed by atoms with Gasteiger partial charge >= 0.3 is 0 Å². The largest absolute Gasteiger partial charge is 0.355 e. The normalized spacial score (nSPS) is 11.2. The molecule has 0 rings (SSSR count). The van der Waals surface area contributed by atoms with E-state index in [9.17, 15) is 4.79 Å². The predicted molar refractivity (Wildman–Crippen MR) is 72.9 cm³/mol. The Hall–Kier alpha value is -0.610. The fourth-order valence-corrected chi connectivity index (χ4v) is 1.66. The van der Waals surface area contributed by atoms with E-state index in [1.807, 2.05) is 0 Å². The average molecular weight is 243 g/mol. The van der Waals surface area contributed by atoms with Crippen molar-refractivity contribution in [3.05, 3.63) is 0 Å². The first-order valence-corrected chi connectivity index (χ1v) is 6.79. The van der Waals surface area contributed by atoms with E-state index in [4.69, 9.17) is 5.73 Å². The molecule has 0 aliphatic heterocycles. The summed E-state index contributed by atoms with van der Waals surface area (Å²) in [6, 6.07) is 0. The highest BCUT2D eigenvalue weighted by Gasteiger charge is 2.09. The Morgan fingerprint density at radius 1 is 1.35 bits per heavy atom. The van der Waals surface area contributed by atoms with Crippen LogP contribution in [0.4, 0.5) is 0 Å². The Labute approximate surface area is 106 Å². The summed E-state index contributed by atoms with van der Waals surface area (Å²) in [7, 11) is 0. The van der Waals surface area contributed by atoms with Crippen LogP contribution in [0.15, 0.2) is 0 Å². The quantitative estimate of drug-likeness (QED) is 0.606. The fourth-order valence-electron chi connectivity index (χ4n) is 1.66. The molecule has 0 fully saturated rings. The maximum atomic E-state index is 11.7. The molecule has 0 saturated carbocycles. The van der Waals surface area contributed by atoms with Gasteiger partial charge in [-0.1, -0.05) is 20.8 Å². The molecule has 0 aliphatic carbocycles. The molecule has 0 spiro atoms. The Morgan fingerprint density at radius 2 is 2.06 bits per heavy atom. The van der Waals surface area contributed by atoms with Crippen LogP contribution in [0.2, 0.25) is 0 Å². The second kappa shape index (κ2) is 10.5. The summed E-state index contributed by atoms with van der Waals surface area (Å²) in [4.78, 5) is 13.9. The van der Waals surface area contributed by atoms with Crippen LogP contribution in [0.3, 0.4) is 0 Å². The molecule has 1 amide bonds. The van der Waals surface area contributed by atoms with Gasteiger partial charge in [-0.05, 0) is 44.8 Å². The zero-order chi connectivity index (χ0) is 13.1. The van der Waals surface area contributed by atoms with Gasteiger partial charge in [0.25, 0.3) is 0 Å². The average Bonchev–Trinajstić information content (AvgIpc) is 2.25. The smallest absolute Gasteiger partial charge is 0.234 e. The van der Waals surface area contributed by atoms with Crippen LogP contribution >= 0.6 is 0 Å². The van der Waals surface area contributed by atoms with Gasteiger partial charge in [0.1, 0.15) is 0 Å². The molecule has 3 N–H and O–H groups in total. The molecule has 0 saturated heterocycles. The summed E-state index contributed by atoms with van der Waals surface area (Å²) in [5.74, 6) is 0.774. The number of carbonyl (C=O) groups is 1. The predicted octanol–water partition coefficient (Wildman–Crippen LogP) is 1.21. The minimum Gasteiger partial charge on any atom is -0.355 e. The highest BCUT2D eigenvalue weighted by atomic mass is 16.2. The summed E-state index contributed by atoms with van der Waals surface area (Å²) in [6.45, 7) is 10.3. The number of hydrogen-bond acceptors (Lipinski definition) is 3. The molecule has 0 heterocycles. The van der Waals surface area contributed by atoms with Crippen LogP contribution in [-0.2, 0) is 4.79 Å². The lowest BCUT2D eigenvalue weighted by molar-refractivity contribution is -0.122. The van der Waals surface area contributed by atoms with E-state index >= 15 is 0 Å². The van der Waals surface area contributed by atoms with Crippen molar-refractivity contribution < 1.29 is 4.79 Å². The van der Waals surface area contributed by atoms with E-state index in [1.54, 1.807) is 0 Å². The van der Waals surface area contributed by atoms with E-state index in [1.165, 1.54) is 0 Å². The molecule has 4 nitrogen and oxygen atoms in total. The number of rotatable bonds is 10. The molecule has 0 bridgehead atoms. The summed E-state index contributed by atoms with van der Waals surface area (Å²) in [5, 5.41) is 2.97. The molecule has 4 heteroatoms. The van der Waals surface area contributed by atoms with Crippen molar-refractivity contribution in [2.75, 3.05) is 32.7 Å². The van der Waals surface area contributed by atoms with Crippen molar-refractivity contribution in [2.45, 2.75) is 40.0 Å². The highest BCUT2D eigenvalue weighted by Crippen LogP contribution is 1.97. The Kier molecular flexibility index (Phi) is 10.2. The second-order valence-electron chi connectivity index (χ2n) is 4.95. The first kappa shape index (κ1) is 16.4. The van der Waals surface area contributed by atoms with Crippen molar-refractivity contribution >= 4 is 5.91 Å². The Bertz CT molecular complexity index is 195. The van der Waals surface area contributed by atoms with Gasteiger partial charge in [-0.3, -0.25) is 9.69 Å². The second-order valence-corrected chi connectivity index (χ2v) is 4.95. The van der Waals surface area contributed by atoms with Gasteiger partial charge in [-0.2, -0.15) is 0 Å². The number of nitrogens with zero attached hydrogens (tertiary/aromatic N) is 1. The number of hydrogen-bond donors (Lipinski definition) is 2. The maximum Gasteiger partial charge on any atom is 0.234 e. The fraction of sp³-hybridized carbons (Fsp3) is 0.923. The number of carbonyl (C=O) groups excluding carboxylic acids is 1. The SMILES string of the molecule is CCCN(CCCN)CC(=O)NCCC(C)C. The summed E-state index contributed by atoms with van der Waals surface area (Å²) < 4.78 is 0. The Morgan fingerprint density at radius 3 is 2.59 bits per heavy atom. The number of nitrogens with two attached hydrogens (primary N) is 1. The molecule has 102 valence electrons. The molecule has 0 aromatic heterocycles. The summed E-state index contributed by atoms with van der Waals surface area (Å²) in [5.41, 5.74) is 5.49. The van der Waals surface area contributed by atoms with Crippen molar-refractivity contribution in [3.63, 3.8) is 0 Å². The molecular formula is C13H29N3O. The van der Waals surface area contributed by atoms with E-state index < -0.39 is 0 Å². The lowest BCUT2D eigenvalue weighted by atomic mass is 10.1. The van der Waals surface area contributed by atoms with Crippen molar-refractivity contribution in [1.29, 1.82) is 0 Å². The molecule has 0 aromatic rings. The van der Waals surface area contributed by atoms with Crippen LogP contribution in [0, 0.1) is 5.92 Å². The third kappa shape index (κ3) is 10.3. The van der Waals surface area contributed by atoms with Gasteiger partial charge in [0.15, 0.2) is 0 Å². The topological polar surface area (TPSA) is 58.4 Å². The van der Waals surface area contributed by atoms with Crippen molar-refractivity contribution in [3.8, 4) is 0 Å². The molecule has 17 heavy (non-hydrogen) atoms. The first-order chi connectivity index (χ1) is 8.10. The van der Waals surface area contributed by atoms with Crippen LogP contribution in [-0.4, -0.2) is 43.5 Å². The van der Waals surface area contributed by atoms with Crippen molar-refractivity contribution in [1.82, 2.24) is 10.2 Å². The van der Waals surface area contributed by atoms with Gasteiger partial charge in [-0.25, -0.2) is 0 Å². The van der Waals surface area contributed by atoms with Crippen LogP contribution < -0.4 is 11.1 Å². The summed E-state index contributed by atoms with van der Waals surface area (Å²) in [6.07, 6.45) is 3.07. The zero-order valence-corrected chi connectivity index (χ0v) is 11.7. The molecule has 0 radical (unpaired) electrons. The molecule has 0 atom stereocenters. The minimum atomic E-state index is 0.135. The maximum absolute atomic E-state index is 11.7. The monoisotopic (exact) mass is 243 g/mol. The lowest BCUT2D eigenvalue weighted by Crippen LogP contribution is -2.39. The number of nitrogens with one attached hydrogen (secondary N) is 1. The molecule has 0 unspecified atom stereocenters. The first-order valence-electron chi connectivity index (χ1n) is 6.79. The zero-order valence-electron chi connectivity index (χ0n) is 11.7. The van der Waals surface area contributed by atoms with Crippen LogP contribution in [0.25, 0.3) is 0 Å². The van der Waals surface area contributed by atoms with Gasteiger partial charge in [0, 0.05) is 6.54 Å². The summed E-state index contributed by atoms with van der Waals surface area (Å²) >= 11 is 0. The van der Waals surface area contributed by atoms with Gasteiger partial charge in [0.2, 0.25) is 5.91 Å². The van der Waals surface area contributed by atoms with Crippen LogP contribution in [0.5, 0.6) is 0 Å². The van der Waals surface area contributed by atoms with E-state index in [-0.39, 0.29) is 5.91 Å². The number of amides is 1. The standard InChI is InChI=1S/C13H29N3O/c1-4-9-16(10-5-7-14)11-13(17)15-8-6-12(2)3/h12H,4-11,14H2,1-3H3,(H,15,17). The highest BCUT2D eigenvalue weighted by molar-refractivity contribution is 5.77. The van der Waals surface area contributed by atoms with Gasteiger partial charge in [-0.15, -0.1) is 0 Å². The molecule has 0 aliphatic rings. The molecular weight excluding hydrogens is 214 g/mol. The van der Waals surface area contributed by atoms with E-state index in [2.05, 4.69) is 31.0 Å². The Balaban J connectivity index is 3.77.